The lowest BCUT2D eigenvalue weighted by Crippen LogP contribution is -2.23. The van der Waals surface area contributed by atoms with Crippen molar-refractivity contribution in [2.24, 2.45) is 5.73 Å². The van der Waals surface area contributed by atoms with E-state index in [9.17, 15) is 13.2 Å². The molecule has 0 amide bonds. The van der Waals surface area contributed by atoms with Crippen LogP contribution in [0, 0.1) is 18.8 Å². The lowest BCUT2D eigenvalue weighted by molar-refractivity contribution is -0.137. The summed E-state index contributed by atoms with van der Waals surface area (Å²) in [6, 6.07) is 4.92. The number of benzene rings is 1. The van der Waals surface area contributed by atoms with Crippen LogP contribution in [0.15, 0.2) is 18.2 Å². The topological polar surface area (TPSA) is 98.5 Å². The van der Waals surface area contributed by atoms with Crippen LogP contribution in [-0.4, -0.2) is 33.8 Å². The van der Waals surface area contributed by atoms with Crippen LogP contribution in [-0.2, 0) is 19.6 Å². The van der Waals surface area contributed by atoms with Gasteiger partial charge in [0.05, 0.1) is 13.7 Å². The van der Waals surface area contributed by atoms with Crippen molar-refractivity contribution in [2.75, 3.05) is 24.1 Å². The van der Waals surface area contributed by atoms with Crippen molar-refractivity contribution in [3.05, 3.63) is 29.3 Å². The number of methoxy groups -OCH3 is 1. The Hall–Kier alpha value is -2.04. The zero-order chi connectivity index (χ0) is 15.2. The Kier molecular flexibility index (Phi) is 5.55. The van der Waals surface area contributed by atoms with Gasteiger partial charge in [0.1, 0.15) is 0 Å². The number of nitrogens with one attached hydrogen (secondary N) is 1. The molecular weight excluding hydrogens is 280 g/mol. The molecule has 0 aromatic heterocycles. The first-order valence-corrected chi connectivity index (χ1v) is 7.40. The zero-order valence-electron chi connectivity index (χ0n) is 11.3. The minimum absolute atomic E-state index is 0.220. The van der Waals surface area contributed by atoms with Crippen LogP contribution in [0.1, 0.15) is 11.1 Å². The number of hydrogen-bond donors (Lipinski definition) is 2. The van der Waals surface area contributed by atoms with E-state index >= 15 is 0 Å². The van der Waals surface area contributed by atoms with E-state index in [1.54, 1.807) is 18.2 Å². The van der Waals surface area contributed by atoms with Crippen molar-refractivity contribution in [2.45, 2.75) is 6.92 Å². The molecule has 0 aliphatic heterocycles. The normalized spacial score (nSPS) is 10.3. The van der Waals surface area contributed by atoms with E-state index in [2.05, 4.69) is 21.3 Å². The van der Waals surface area contributed by atoms with Gasteiger partial charge in [-0.3, -0.25) is 9.52 Å². The molecule has 3 N–H and O–H groups in total. The van der Waals surface area contributed by atoms with Crippen molar-refractivity contribution < 1.29 is 17.9 Å². The van der Waals surface area contributed by atoms with Crippen molar-refractivity contribution in [3.8, 4) is 11.8 Å². The van der Waals surface area contributed by atoms with E-state index in [4.69, 9.17) is 5.73 Å². The Balaban J connectivity index is 2.96. The molecule has 0 atom stereocenters. The summed E-state index contributed by atoms with van der Waals surface area (Å²) in [4.78, 5) is 11.0. The predicted molar refractivity (Wildman–Crippen MR) is 76.5 cm³/mol. The SMILES string of the molecule is COC(=O)CS(=O)(=O)Nc1ccc(C)c(C#CCN)c1. The summed E-state index contributed by atoms with van der Waals surface area (Å²) in [5, 5.41) is 0. The highest BCUT2D eigenvalue weighted by Crippen LogP contribution is 2.15. The number of sulfonamides is 1. The second-order valence-corrected chi connectivity index (χ2v) is 5.70. The molecule has 7 heteroatoms. The fourth-order valence-electron chi connectivity index (χ4n) is 1.40. The summed E-state index contributed by atoms with van der Waals surface area (Å²) < 4.78 is 30.0. The third-order valence-electron chi connectivity index (χ3n) is 2.37. The average molecular weight is 296 g/mol. The van der Waals surface area contributed by atoms with Gasteiger partial charge in [0.15, 0.2) is 5.75 Å². The molecule has 1 aromatic rings. The maximum absolute atomic E-state index is 11.7. The van der Waals surface area contributed by atoms with Crippen LogP contribution < -0.4 is 10.5 Å². The molecule has 6 nitrogen and oxygen atoms in total. The van der Waals surface area contributed by atoms with Gasteiger partial charge < -0.3 is 10.5 Å². The molecule has 0 saturated carbocycles. The number of esters is 1. The Morgan fingerprint density at radius 3 is 2.75 bits per heavy atom. The number of nitrogens with two attached hydrogens (primary N) is 1. The Morgan fingerprint density at radius 1 is 1.45 bits per heavy atom. The number of carbonyl (C=O) groups is 1. The quantitative estimate of drug-likeness (QED) is 0.612. The van der Waals surface area contributed by atoms with Crippen LogP contribution in [0.3, 0.4) is 0 Å². The molecule has 1 aromatic carbocycles. The lowest BCUT2D eigenvalue weighted by atomic mass is 10.1. The summed E-state index contributed by atoms with van der Waals surface area (Å²) in [6.07, 6.45) is 0. The first kappa shape index (κ1) is 16.0. The summed E-state index contributed by atoms with van der Waals surface area (Å²) in [7, 11) is -2.66. The van der Waals surface area contributed by atoms with E-state index in [0.29, 0.717) is 11.3 Å². The molecule has 0 fully saturated rings. The zero-order valence-corrected chi connectivity index (χ0v) is 12.1. The van der Waals surface area contributed by atoms with Gasteiger partial charge in [-0.25, -0.2) is 8.42 Å². The number of ether oxygens (including phenoxy) is 1. The number of aryl methyl sites for hydroxylation is 1. The van der Waals surface area contributed by atoms with Crippen molar-refractivity contribution >= 4 is 21.7 Å². The second-order valence-electron chi connectivity index (χ2n) is 3.97. The predicted octanol–water partition coefficient (Wildman–Crippen LogP) is 0.220. The molecule has 0 bridgehead atoms. The highest BCUT2D eigenvalue weighted by molar-refractivity contribution is 7.93. The number of hydrogen-bond acceptors (Lipinski definition) is 5. The van der Waals surface area contributed by atoms with Crippen molar-refractivity contribution in [1.29, 1.82) is 0 Å². The molecule has 0 unspecified atom stereocenters. The fraction of sp³-hybridized carbons (Fsp3) is 0.308. The molecule has 0 aliphatic rings. The van der Waals surface area contributed by atoms with Crippen LogP contribution in [0.25, 0.3) is 0 Å². The lowest BCUT2D eigenvalue weighted by Gasteiger charge is -2.08. The molecule has 0 aliphatic carbocycles. The van der Waals surface area contributed by atoms with Gasteiger partial charge in [-0.1, -0.05) is 17.9 Å². The highest BCUT2D eigenvalue weighted by atomic mass is 32.2. The molecule has 0 spiro atoms. The Labute approximate surface area is 118 Å². The van der Waals surface area contributed by atoms with E-state index in [1.165, 1.54) is 0 Å². The van der Waals surface area contributed by atoms with E-state index in [0.717, 1.165) is 12.7 Å². The van der Waals surface area contributed by atoms with Gasteiger partial charge in [0.25, 0.3) is 0 Å². The summed E-state index contributed by atoms with van der Waals surface area (Å²) >= 11 is 0. The maximum atomic E-state index is 11.7. The second kappa shape index (κ2) is 6.93. The standard InChI is InChI=1S/C13H16N2O4S/c1-10-5-6-12(8-11(10)4-3-7-14)15-20(17,18)9-13(16)19-2/h5-6,8,15H,7,9,14H2,1-2H3. The van der Waals surface area contributed by atoms with Gasteiger partial charge >= 0.3 is 5.97 Å². The molecule has 20 heavy (non-hydrogen) atoms. The van der Waals surface area contributed by atoms with Gasteiger partial charge in [0, 0.05) is 11.3 Å². The van der Waals surface area contributed by atoms with Crippen molar-refractivity contribution in [1.82, 2.24) is 0 Å². The van der Waals surface area contributed by atoms with Crippen LogP contribution >= 0.6 is 0 Å². The minimum atomic E-state index is -3.79. The summed E-state index contributed by atoms with van der Waals surface area (Å²) in [5.74, 6) is 3.99. The number of carbonyl (C=O) groups excluding carboxylic acids is 1. The summed E-state index contributed by atoms with van der Waals surface area (Å²) in [6.45, 7) is 2.07. The van der Waals surface area contributed by atoms with E-state index in [-0.39, 0.29) is 6.54 Å². The third kappa shape index (κ3) is 4.91. The Bertz CT molecular complexity index is 657. The highest BCUT2D eigenvalue weighted by Gasteiger charge is 2.17. The van der Waals surface area contributed by atoms with E-state index in [1.807, 2.05) is 6.92 Å². The average Bonchev–Trinajstić information content (AvgIpc) is 2.38. The van der Waals surface area contributed by atoms with Crippen LogP contribution in [0.2, 0.25) is 0 Å². The van der Waals surface area contributed by atoms with Gasteiger partial charge in [-0.05, 0) is 24.6 Å². The first-order chi connectivity index (χ1) is 9.38. The molecular formula is C13H16N2O4S. The molecule has 0 saturated heterocycles. The molecule has 0 heterocycles. The molecule has 1 rings (SSSR count). The summed E-state index contributed by atoms with van der Waals surface area (Å²) in [5.41, 5.74) is 7.21. The van der Waals surface area contributed by atoms with Crippen molar-refractivity contribution in [3.63, 3.8) is 0 Å². The molecule has 0 radical (unpaired) electrons. The minimum Gasteiger partial charge on any atom is -0.468 e. The molecule has 108 valence electrons. The maximum Gasteiger partial charge on any atom is 0.322 e. The van der Waals surface area contributed by atoms with E-state index < -0.39 is 21.7 Å². The number of rotatable bonds is 4. The van der Waals surface area contributed by atoms with Crippen LogP contribution in [0.4, 0.5) is 5.69 Å². The largest absolute Gasteiger partial charge is 0.468 e. The van der Waals surface area contributed by atoms with Crippen LogP contribution in [0.5, 0.6) is 0 Å². The number of anilines is 1. The van der Waals surface area contributed by atoms with Gasteiger partial charge in [-0.2, -0.15) is 0 Å². The fourth-order valence-corrected chi connectivity index (χ4v) is 2.38. The Morgan fingerprint density at radius 2 is 2.15 bits per heavy atom. The van der Waals surface area contributed by atoms with Gasteiger partial charge in [0.2, 0.25) is 10.0 Å². The smallest absolute Gasteiger partial charge is 0.322 e. The first-order valence-electron chi connectivity index (χ1n) is 5.75. The monoisotopic (exact) mass is 296 g/mol. The van der Waals surface area contributed by atoms with Gasteiger partial charge in [-0.15, -0.1) is 0 Å². The third-order valence-corrected chi connectivity index (χ3v) is 3.53.